The van der Waals surface area contributed by atoms with Crippen LogP contribution in [-0.4, -0.2) is 12.2 Å². The van der Waals surface area contributed by atoms with Crippen LogP contribution in [0.4, 0.5) is 0 Å². The Bertz CT molecular complexity index is 905. The first kappa shape index (κ1) is 14.2. The molecule has 0 bridgehead atoms. The molecule has 112 valence electrons. The van der Waals surface area contributed by atoms with Crippen LogP contribution in [-0.2, 0) is 0 Å². The van der Waals surface area contributed by atoms with Gasteiger partial charge >= 0.3 is 0 Å². The molecule has 3 aromatic rings. The van der Waals surface area contributed by atoms with Gasteiger partial charge in [-0.25, -0.2) is 0 Å². The van der Waals surface area contributed by atoms with Gasteiger partial charge in [0, 0.05) is 0 Å². The van der Waals surface area contributed by atoms with Crippen LogP contribution in [0.2, 0.25) is 0 Å². The maximum atomic E-state index is 12.8. The summed E-state index contributed by atoms with van der Waals surface area (Å²) >= 11 is 0. The summed E-state index contributed by atoms with van der Waals surface area (Å²) in [5.41, 5.74) is 2.26. The second-order valence-corrected chi connectivity index (χ2v) is 5.23. The first-order valence-corrected chi connectivity index (χ1v) is 6.92. The standard InChI is InChI=1S/C18H16O4/c1-10-8-16-14(9-15(10)19)18(20)17(11(2)22-16)12-4-6-13(21-3)7-5-12/h4-9,19H,1-3H3. The molecule has 4 nitrogen and oxygen atoms in total. The Morgan fingerprint density at radius 3 is 2.41 bits per heavy atom. The van der Waals surface area contributed by atoms with Crippen molar-refractivity contribution in [2.45, 2.75) is 13.8 Å². The Hall–Kier alpha value is -2.75. The molecule has 0 saturated heterocycles. The lowest BCUT2D eigenvalue weighted by Gasteiger charge is -2.09. The van der Waals surface area contributed by atoms with Crippen molar-refractivity contribution in [3.8, 4) is 22.6 Å². The lowest BCUT2D eigenvalue weighted by molar-refractivity contribution is 0.415. The maximum absolute atomic E-state index is 12.8. The topological polar surface area (TPSA) is 59.7 Å². The second-order valence-electron chi connectivity index (χ2n) is 5.23. The molecular weight excluding hydrogens is 280 g/mol. The van der Waals surface area contributed by atoms with E-state index in [-0.39, 0.29) is 11.2 Å². The molecule has 22 heavy (non-hydrogen) atoms. The van der Waals surface area contributed by atoms with Crippen molar-refractivity contribution in [2.24, 2.45) is 0 Å². The van der Waals surface area contributed by atoms with Crippen LogP contribution >= 0.6 is 0 Å². The molecule has 3 rings (SSSR count). The van der Waals surface area contributed by atoms with Gasteiger partial charge in [-0.2, -0.15) is 0 Å². The van der Waals surface area contributed by atoms with Crippen LogP contribution in [0, 0.1) is 13.8 Å². The van der Waals surface area contributed by atoms with Gasteiger partial charge in [-0.3, -0.25) is 4.79 Å². The Kier molecular flexibility index (Phi) is 3.37. The first-order chi connectivity index (χ1) is 10.5. The average Bonchev–Trinajstić information content (AvgIpc) is 2.50. The number of benzene rings is 2. The number of fused-ring (bicyclic) bond motifs is 1. The fourth-order valence-corrected chi connectivity index (χ4v) is 2.53. The summed E-state index contributed by atoms with van der Waals surface area (Å²) < 4.78 is 10.9. The van der Waals surface area contributed by atoms with Crippen LogP contribution in [0.3, 0.4) is 0 Å². The van der Waals surface area contributed by atoms with Gasteiger partial charge in [-0.1, -0.05) is 12.1 Å². The number of rotatable bonds is 2. The molecule has 0 spiro atoms. The highest BCUT2D eigenvalue weighted by Gasteiger charge is 2.15. The second kappa shape index (κ2) is 5.22. The SMILES string of the molecule is COc1ccc(-c2c(C)oc3cc(C)c(O)cc3c2=O)cc1. The van der Waals surface area contributed by atoms with Gasteiger partial charge in [0.15, 0.2) is 0 Å². The molecule has 1 heterocycles. The average molecular weight is 296 g/mol. The summed E-state index contributed by atoms with van der Waals surface area (Å²) in [4.78, 5) is 12.8. The van der Waals surface area contributed by atoms with Crippen LogP contribution in [0.1, 0.15) is 11.3 Å². The minimum absolute atomic E-state index is 0.0873. The van der Waals surface area contributed by atoms with Gasteiger partial charge in [0.05, 0.1) is 18.1 Å². The van der Waals surface area contributed by atoms with E-state index in [1.165, 1.54) is 6.07 Å². The summed E-state index contributed by atoms with van der Waals surface area (Å²) in [6.07, 6.45) is 0. The molecule has 2 aromatic carbocycles. The molecule has 0 aliphatic carbocycles. The highest BCUT2D eigenvalue weighted by Crippen LogP contribution is 2.28. The van der Waals surface area contributed by atoms with Crippen LogP contribution in [0.25, 0.3) is 22.1 Å². The van der Waals surface area contributed by atoms with Crippen LogP contribution in [0.5, 0.6) is 11.5 Å². The van der Waals surface area contributed by atoms with E-state index in [1.54, 1.807) is 39.2 Å². The Morgan fingerprint density at radius 1 is 1.09 bits per heavy atom. The largest absolute Gasteiger partial charge is 0.508 e. The zero-order valence-corrected chi connectivity index (χ0v) is 12.6. The summed E-state index contributed by atoms with van der Waals surface area (Å²) in [6, 6.07) is 10.4. The third-order valence-corrected chi connectivity index (χ3v) is 3.76. The van der Waals surface area contributed by atoms with Gasteiger partial charge in [0.1, 0.15) is 22.8 Å². The third-order valence-electron chi connectivity index (χ3n) is 3.76. The van der Waals surface area contributed by atoms with E-state index < -0.39 is 0 Å². The van der Waals surface area contributed by atoms with Gasteiger partial charge in [0.25, 0.3) is 0 Å². The van der Waals surface area contributed by atoms with E-state index in [4.69, 9.17) is 9.15 Å². The van der Waals surface area contributed by atoms with Gasteiger partial charge in [-0.05, 0) is 49.2 Å². The Labute approximate surface area is 127 Å². The predicted octanol–water partition coefficient (Wildman–Crippen LogP) is 3.79. The molecule has 1 aromatic heterocycles. The van der Waals surface area contributed by atoms with Crippen molar-refractivity contribution < 1.29 is 14.3 Å². The summed E-state index contributed by atoms with van der Waals surface area (Å²) in [7, 11) is 1.59. The van der Waals surface area contributed by atoms with Crippen molar-refractivity contribution in [3.05, 3.63) is 57.9 Å². The predicted molar refractivity (Wildman–Crippen MR) is 85.6 cm³/mol. The van der Waals surface area contributed by atoms with E-state index in [1.807, 2.05) is 12.1 Å². The molecule has 0 unspecified atom stereocenters. The highest BCUT2D eigenvalue weighted by molar-refractivity contribution is 5.84. The van der Waals surface area contributed by atoms with E-state index in [9.17, 15) is 9.90 Å². The van der Waals surface area contributed by atoms with Crippen molar-refractivity contribution in [2.75, 3.05) is 7.11 Å². The number of phenols is 1. The summed E-state index contributed by atoms with van der Waals surface area (Å²) in [5.74, 6) is 1.36. The molecule has 4 heteroatoms. The minimum atomic E-state index is -0.154. The molecular formula is C18H16O4. The third kappa shape index (κ3) is 2.22. The number of ether oxygens (including phenoxy) is 1. The first-order valence-electron chi connectivity index (χ1n) is 6.92. The van der Waals surface area contributed by atoms with Crippen LogP contribution < -0.4 is 10.2 Å². The number of hydrogen-bond acceptors (Lipinski definition) is 4. The van der Waals surface area contributed by atoms with E-state index >= 15 is 0 Å². The summed E-state index contributed by atoms with van der Waals surface area (Å²) in [5, 5.41) is 10.2. The molecule has 1 N–H and O–H groups in total. The van der Waals surface area contributed by atoms with Gasteiger partial charge in [-0.15, -0.1) is 0 Å². The quantitative estimate of drug-likeness (QED) is 0.781. The molecule has 0 amide bonds. The van der Waals surface area contributed by atoms with Crippen LogP contribution in [0.15, 0.2) is 45.6 Å². The van der Waals surface area contributed by atoms with Crippen molar-refractivity contribution in [1.29, 1.82) is 0 Å². The van der Waals surface area contributed by atoms with Crippen molar-refractivity contribution in [1.82, 2.24) is 0 Å². The molecule has 0 aliphatic heterocycles. The van der Waals surface area contributed by atoms with Gasteiger partial charge in [0.2, 0.25) is 5.43 Å². The molecule has 0 aliphatic rings. The normalized spacial score (nSPS) is 10.9. The van der Waals surface area contributed by atoms with E-state index in [2.05, 4.69) is 0 Å². The molecule has 0 atom stereocenters. The van der Waals surface area contributed by atoms with Gasteiger partial charge < -0.3 is 14.3 Å². The summed E-state index contributed by atoms with van der Waals surface area (Å²) in [6.45, 7) is 3.53. The number of hydrogen-bond donors (Lipinski definition) is 1. The number of methoxy groups -OCH3 is 1. The fraction of sp³-hybridized carbons (Fsp3) is 0.167. The molecule has 0 radical (unpaired) electrons. The number of aromatic hydroxyl groups is 1. The van der Waals surface area contributed by atoms with Crippen molar-refractivity contribution in [3.63, 3.8) is 0 Å². The monoisotopic (exact) mass is 296 g/mol. The number of phenolic OH excluding ortho intramolecular Hbond substituents is 1. The Morgan fingerprint density at radius 2 is 1.77 bits per heavy atom. The van der Waals surface area contributed by atoms with Crippen molar-refractivity contribution >= 4 is 11.0 Å². The molecule has 0 saturated carbocycles. The molecule has 0 fully saturated rings. The van der Waals surface area contributed by atoms with E-state index in [0.717, 1.165) is 11.3 Å². The highest BCUT2D eigenvalue weighted by atomic mass is 16.5. The lowest BCUT2D eigenvalue weighted by atomic mass is 10.0. The zero-order chi connectivity index (χ0) is 15.9. The fourth-order valence-electron chi connectivity index (χ4n) is 2.53. The lowest BCUT2D eigenvalue weighted by Crippen LogP contribution is -2.07. The smallest absolute Gasteiger partial charge is 0.200 e. The Balaban J connectivity index is 2.29. The van der Waals surface area contributed by atoms with E-state index in [0.29, 0.717) is 27.9 Å². The minimum Gasteiger partial charge on any atom is -0.508 e. The zero-order valence-electron chi connectivity index (χ0n) is 12.6. The maximum Gasteiger partial charge on any atom is 0.200 e. The number of aryl methyl sites for hydroxylation is 2.